The number of halogens is 1. The smallest absolute Gasteiger partial charge is 0.247 e. The first-order valence-corrected chi connectivity index (χ1v) is 7.33. The van der Waals surface area contributed by atoms with Gasteiger partial charge in [0.1, 0.15) is 0 Å². The van der Waals surface area contributed by atoms with E-state index in [0.717, 1.165) is 20.9 Å². The van der Waals surface area contributed by atoms with E-state index in [1.165, 1.54) is 0 Å². The summed E-state index contributed by atoms with van der Waals surface area (Å²) < 4.78 is 1.03. The van der Waals surface area contributed by atoms with Crippen LogP contribution in [0, 0.1) is 0 Å². The summed E-state index contributed by atoms with van der Waals surface area (Å²) in [4.78, 5) is 15.3. The number of amides is 1. The fourth-order valence-corrected chi connectivity index (χ4v) is 2.34. The summed E-state index contributed by atoms with van der Waals surface area (Å²) in [7, 11) is 0. The Labute approximate surface area is 127 Å². The molecule has 0 atom stereocenters. The van der Waals surface area contributed by atoms with Crippen molar-refractivity contribution in [2.24, 2.45) is 0 Å². The van der Waals surface area contributed by atoms with E-state index in [1.54, 1.807) is 0 Å². The Morgan fingerprint density at radius 1 is 1.35 bits per heavy atom. The maximum Gasteiger partial charge on any atom is 0.247 e. The standard InChI is InChI=1S/C16H19BrN2O/c1-10(15(20)19-16(2,3)4)7-11-9-18-14-8-12(17)5-6-13(11)14/h5-9,18H,1-4H3,(H,19,20)/b10-7+. The summed E-state index contributed by atoms with van der Waals surface area (Å²) in [5, 5.41) is 4.07. The number of aromatic amines is 1. The Morgan fingerprint density at radius 2 is 2.05 bits per heavy atom. The molecule has 0 spiro atoms. The lowest BCUT2D eigenvalue weighted by Crippen LogP contribution is -2.40. The third-order valence-corrected chi connectivity index (χ3v) is 3.39. The third kappa shape index (κ3) is 3.51. The maximum absolute atomic E-state index is 12.1. The average molecular weight is 335 g/mol. The zero-order chi connectivity index (χ0) is 14.9. The van der Waals surface area contributed by atoms with Crippen molar-refractivity contribution in [3.63, 3.8) is 0 Å². The molecule has 0 bridgehead atoms. The minimum absolute atomic E-state index is 0.0380. The number of carbonyl (C=O) groups excluding carboxylic acids is 1. The van der Waals surface area contributed by atoms with E-state index >= 15 is 0 Å². The monoisotopic (exact) mass is 334 g/mol. The number of aromatic nitrogens is 1. The summed E-state index contributed by atoms with van der Waals surface area (Å²) in [5.41, 5.74) is 2.55. The molecule has 106 valence electrons. The van der Waals surface area contributed by atoms with Crippen molar-refractivity contribution in [3.05, 3.63) is 40.0 Å². The van der Waals surface area contributed by atoms with E-state index in [-0.39, 0.29) is 11.4 Å². The fraction of sp³-hybridized carbons (Fsp3) is 0.312. The van der Waals surface area contributed by atoms with Gasteiger partial charge in [-0.25, -0.2) is 0 Å². The van der Waals surface area contributed by atoms with Gasteiger partial charge in [-0.2, -0.15) is 0 Å². The van der Waals surface area contributed by atoms with Gasteiger partial charge in [-0.15, -0.1) is 0 Å². The molecule has 2 aromatic rings. The topological polar surface area (TPSA) is 44.9 Å². The Balaban J connectivity index is 2.30. The molecular weight excluding hydrogens is 316 g/mol. The normalized spacial score (nSPS) is 12.8. The summed E-state index contributed by atoms with van der Waals surface area (Å²) in [6.07, 6.45) is 3.83. The van der Waals surface area contributed by atoms with Gasteiger partial charge >= 0.3 is 0 Å². The van der Waals surface area contributed by atoms with Crippen molar-refractivity contribution in [2.45, 2.75) is 33.2 Å². The van der Waals surface area contributed by atoms with E-state index in [2.05, 4.69) is 26.2 Å². The molecule has 0 aliphatic carbocycles. The quantitative estimate of drug-likeness (QED) is 0.792. The van der Waals surface area contributed by atoms with Crippen molar-refractivity contribution in [3.8, 4) is 0 Å². The Hall–Kier alpha value is -1.55. The Kier molecular flexibility index (Phi) is 4.04. The first-order chi connectivity index (χ1) is 9.26. The van der Waals surface area contributed by atoms with E-state index in [4.69, 9.17) is 0 Å². The SMILES string of the molecule is C/C(=C\c1c[nH]c2cc(Br)ccc12)C(=O)NC(C)(C)C. The van der Waals surface area contributed by atoms with Gasteiger partial charge in [0.25, 0.3) is 0 Å². The van der Waals surface area contributed by atoms with Crippen LogP contribution in [0.1, 0.15) is 33.3 Å². The van der Waals surface area contributed by atoms with Crippen LogP contribution in [-0.4, -0.2) is 16.4 Å². The highest BCUT2D eigenvalue weighted by Crippen LogP contribution is 2.24. The van der Waals surface area contributed by atoms with Gasteiger partial charge in [0, 0.05) is 38.2 Å². The Bertz CT molecular complexity index is 677. The molecule has 0 unspecified atom stereocenters. The lowest BCUT2D eigenvalue weighted by Gasteiger charge is -2.20. The molecule has 2 N–H and O–H groups in total. The molecule has 2 rings (SSSR count). The number of carbonyl (C=O) groups is 1. The molecular formula is C16H19BrN2O. The van der Waals surface area contributed by atoms with Gasteiger partial charge in [-0.05, 0) is 45.9 Å². The van der Waals surface area contributed by atoms with Gasteiger partial charge < -0.3 is 10.3 Å². The van der Waals surface area contributed by atoms with E-state index in [1.807, 2.05) is 58.2 Å². The second kappa shape index (κ2) is 5.44. The summed E-state index contributed by atoms with van der Waals surface area (Å²) in [6.45, 7) is 7.75. The third-order valence-electron chi connectivity index (χ3n) is 2.89. The van der Waals surface area contributed by atoms with Crippen molar-refractivity contribution >= 4 is 38.8 Å². The first kappa shape index (κ1) is 14.9. The van der Waals surface area contributed by atoms with Crippen molar-refractivity contribution in [2.75, 3.05) is 0 Å². The summed E-state index contributed by atoms with van der Waals surface area (Å²) in [5.74, 6) is -0.0380. The minimum Gasteiger partial charge on any atom is -0.361 e. The summed E-state index contributed by atoms with van der Waals surface area (Å²) in [6, 6.07) is 6.06. The molecule has 0 saturated carbocycles. The lowest BCUT2D eigenvalue weighted by molar-refractivity contribution is -0.118. The van der Waals surface area contributed by atoms with Crippen LogP contribution >= 0.6 is 15.9 Å². The number of hydrogen-bond acceptors (Lipinski definition) is 1. The van der Waals surface area contributed by atoms with Gasteiger partial charge in [-0.1, -0.05) is 22.0 Å². The zero-order valence-electron chi connectivity index (χ0n) is 12.2. The number of rotatable bonds is 2. The molecule has 20 heavy (non-hydrogen) atoms. The average Bonchev–Trinajstić information content (AvgIpc) is 2.69. The molecule has 1 aromatic heterocycles. The lowest BCUT2D eigenvalue weighted by atomic mass is 10.1. The number of H-pyrrole nitrogens is 1. The molecule has 1 aromatic carbocycles. The van der Waals surface area contributed by atoms with Crippen LogP contribution < -0.4 is 5.32 Å². The first-order valence-electron chi connectivity index (χ1n) is 6.54. The molecule has 0 saturated heterocycles. The van der Waals surface area contributed by atoms with Crippen LogP contribution in [0.5, 0.6) is 0 Å². The van der Waals surface area contributed by atoms with Gasteiger partial charge in [0.05, 0.1) is 0 Å². The second-order valence-electron chi connectivity index (χ2n) is 5.97. The highest BCUT2D eigenvalue weighted by atomic mass is 79.9. The zero-order valence-corrected chi connectivity index (χ0v) is 13.8. The van der Waals surface area contributed by atoms with E-state index in [9.17, 15) is 4.79 Å². The molecule has 0 aliphatic rings. The van der Waals surface area contributed by atoms with Crippen LogP contribution in [0.4, 0.5) is 0 Å². The molecule has 0 fully saturated rings. The number of hydrogen-bond donors (Lipinski definition) is 2. The number of fused-ring (bicyclic) bond motifs is 1. The molecule has 0 radical (unpaired) electrons. The van der Waals surface area contributed by atoms with Crippen LogP contribution in [0.3, 0.4) is 0 Å². The number of nitrogens with one attached hydrogen (secondary N) is 2. The Morgan fingerprint density at radius 3 is 2.70 bits per heavy atom. The molecule has 4 heteroatoms. The minimum atomic E-state index is -0.225. The second-order valence-corrected chi connectivity index (χ2v) is 6.88. The van der Waals surface area contributed by atoms with Gasteiger partial charge in [-0.3, -0.25) is 4.79 Å². The van der Waals surface area contributed by atoms with E-state index < -0.39 is 0 Å². The highest BCUT2D eigenvalue weighted by Gasteiger charge is 2.15. The fourth-order valence-electron chi connectivity index (χ4n) is 1.98. The van der Waals surface area contributed by atoms with Crippen LogP contribution in [0.25, 0.3) is 17.0 Å². The molecule has 3 nitrogen and oxygen atoms in total. The van der Waals surface area contributed by atoms with Crippen LogP contribution in [0.15, 0.2) is 34.4 Å². The van der Waals surface area contributed by atoms with Crippen LogP contribution in [-0.2, 0) is 4.79 Å². The summed E-state index contributed by atoms with van der Waals surface area (Å²) >= 11 is 3.45. The highest BCUT2D eigenvalue weighted by molar-refractivity contribution is 9.10. The van der Waals surface area contributed by atoms with Gasteiger partial charge in [0.15, 0.2) is 0 Å². The van der Waals surface area contributed by atoms with E-state index in [0.29, 0.717) is 5.57 Å². The van der Waals surface area contributed by atoms with Crippen molar-refractivity contribution in [1.82, 2.24) is 10.3 Å². The van der Waals surface area contributed by atoms with Crippen molar-refractivity contribution < 1.29 is 4.79 Å². The largest absolute Gasteiger partial charge is 0.361 e. The molecule has 1 heterocycles. The predicted molar refractivity (Wildman–Crippen MR) is 87.5 cm³/mol. The van der Waals surface area contributed by atoms with Gasteiger partial charge in [0.2, 0.25) is 5.91 Å². The van der Waals surface area contributed by atoms with Crippen molar-refractivity contribution in [1.29, 1.82) is 0 Å². The molecule has 0 aliphatic heterocycles. The number of benzene rings is 1. The predicted octanol–water partition coefficient (Wildman–Crippen LogP) is 4.25. The molecule has 1 amide bonds. The maximum atomic E-state index is 12.1. The van der Waals surface area contributed by atoms with Crippen LogP contribution in [0.2, 0.25) is 0 Å².